The Morgan fingerprint density at radius 3 is 2.33 bits per heavy atom. The van der Waals surface area contributed by atoms with E-state index in [4.69, 9.17) is 10.5 Å². The van der Waals surface area contributed by atoms with Crippen LogP contribution in [0.5, 0.6) is 5.75 Å². The number of aromatic nitrogens is 4. The van der Waals surface area contributed by atoms with Crippen molar-refractivity contribution < 1.29 is 19.1 Å². The fourth-order valence-corrected chi connectivity index (χ4v) is 4.24. The van der Waals surface area contributed by atoms with E-state index in [0.717, 1.165) is 0 Å². The van der Waals surface area contributed by atoms with Crippen molar-refractivity contribution in [1.82, 2.24) is 29.7 Å². The van der Waals surface area contributed by atoms with Crippen LogP contribution in [-0.2, 0) is 4.79 Å². The average Bonchev–Trinajstić information content (AvgIpc) is 3.38. The highest BCUT2D eigenvalue weighted by atomic mass is 16.5. The number of carbonyl (C=O) groups is 3. The number of piperazine rings is 1. The van der Waals surface area contributed by atoms with Crippen LogP contribution >= 0.6 is 0 Å². The molecule has 3 N–H and O–H groups in total. The van der Waals surface area contributed by atoms with Crippen molar-refractivity contribution >= 4 is 34.3 Å². The highest BCUT2D eigenvalue weighted by Crippen LogP contribution is 2.34. The van der Waals surface area contributed by atoms with Gasteiger partial charge in [0.05, 0.1) is 42.2 Å². The van der Waals surface area contributed by atoms with E-state index in [0.29, 0.717) is 46.7 Å². The first-order chi connectivity index (χ1) is 17.5. The second-order valence-corrected chi connectivity index (χ2v) is 8.23. The molecule has 0 bridgehead atoms. The van der Waals surface area contributed by atoms with Crippen molar-refractivity contribution in [3.63, 3.8) is 0 Å². The summed E-state index contributed by atoms with van der Waals surface area (Å²) >= 11 is 0. The molecule has 182 valence electrons. The second kappa shape index (κ2) is 9.45. The van der Waals surface area contributed by atoms with Gasteiger partial charge in [0.2, 0.25) is 0 Å². The minimum absolute atomic E-state index is 0.0961. The zero-order valence-corrected chi connectivity index (χ0v) is 19.5. The number of hydrogen-bond donors (Lipinski definition) is 2. The van der Waals surface area contributed by atoms with Crippen LogP contribution in [0.1, 0.15) is 20.7 Å². The SMILES string of the molecule is COc1cnc(-c2cnc(N)cn2)c2[nH]cc(C(=O)C(=O)N3CCN(C(=O)c4ccccc4)CC3)c12. The predicted octanol–water partition coefficient (Wildman–Crippen LogP) is 1.78. The van der Waals surface area contributed by atoms with Crippen molar-refractivity contribution in [1.29, 1.82) is 0 Å². The molecule has 5 rings (SSSR count). The van der Waals surface area contributed by atoms with Crippen molar-refractivity contribution in [2.75, 3.05) is 39.0 Å². The number of benzene rings is 1. The van der Waals surface area contributed by atoms with Crippen molar-refractivity contribution in [3.8, 4) is 17.1 Å². The Hall–Kier alpha value is -4.80. The number of aromatic amines is 1. The van der Waals surface area contributed by atoms with Gasteiger partial charge in [-0.15, -0.1) is 0 Å². The normalized spacial score (nSPS) is 13.6. The first kappa shape index (κ1) is 23.0. The Balaban J connectivity index is 1.37. The van der Waals surface area contributed by atoms with E-state index in [1.165, 1.54) is 36.8 Å². The molecule has 1 fully saturated rings. The predicted molar refractivity (Wildman–Crippen MR) is 131 cm³/mol. The number of ether oxygens (including phenoxy) is 1. The zero-order chi connectivity index (χ0) is 25.2. The van der Waals surface area contributed by atoms with Gasteiger partial charge in [-0.1, -0.05) is 18.2 Å². The third-order valence-electron chi connectivity index (χ3n) is 6.12. The van der Waals surface area contributed by atoms with Gasteiger partial charge < -0.3 is 25.3 Å². The summed E-state index contributed by atoms with van der Waals surface area (Å²) in [6, 6.07) is 8.98. The van der Waals surface area contributed by atoms with Gasteiger partial charge in [0, 0.05) is 37.9 Å². The van der Waals surface area contributed by atoms with Crippen LogP contribution in [0.15, 0.2) is 55.1 Å². The van der Waals surface area contributed by atoms with Gasteiger partial charge in [0.1, 0.15) is 23.0 Å². The van der Waals surface area contributed by atoms with E-state index in [-0.39, 0.29) is 30.4 Å². The van der Waals surface area contributed by atoms with Gasteiger partial charge in [-0.2, -0.15) is 0 Å². The van der Waals surface area contributed by atoms with E-state index in [9.17, 15) is 14.4 Å². The second-order valence-electron chi connectivity index (χ2n) is 8.23. The van der Waals surface area contributed by atoms with Gasteiger partial charge in [-0.3, -0.25) is 14.4 Å². The number of methoxy groups -OCH3 is 1. The van der Waals surface area contributed by atoms with E-state index in [2.05, 4.69) is 19.9 Å². The van der Waals surface area contributed by atoms with Crippen LogP contribution in [0.2, 0.25) is 0 Å². The van der Waals surface area contributed by atoms with Crippen molar-refractivity contribution in [2.24, 2.45) is 0 Å². The number of pyridine rings is 1. The summed E-state index contributed by atoms with van der Waals surface area (Å²) in [5.74, 6) is -0.811. The third-order valence-corrected chi connectivity index (χ3v) is 6.12. The maximum Gasteiger partial charge on any atom is 0.295 e. The fraction of sp³-hybridized carbons (Fsp3) is 0.200. The van der Waals surface area contributed by atoms with E-state index in [1.54, 1.807) is 17.0 Å². The Kier molecular flexibility index (Phi) is 6.03. The lowest BCUT2D eigenvalue weighted by Gasteiger charge is -2.34. The van der Waals surface area contributed by atoms with Crippen LogP contribution in [0.25, 0.3) is 22.3 Å². The molecule has 2 amide bonds. The first-order valence-electron chi connectivity index (χ1n) is 11.3. The quantitative estimate of drug-likeness (QED) is 0.321. The number of H-pyrrole nitrogens is 1. The number of Topliss-reactive ketones (excluding diaryl/α,β-unsaturated/α-hetero) is 1. The molecule has 0 atom stereocenters. The van der Waals surface area contributed by atoms with Crippen LogP contribution in [-0.4, -0.2) is 80.6 Å². The summed E-state index contributed by atoms with van der Waals surface area (Å²) < 4.78 is 5.43. The number of fused-ring (bicyclic) bond motifs is 1. The smallest absolute Gasteiger partial charge is 0.295 e. The molecular weight excluding hydrogens is 462 g/mol. The highest BCUT2D eigenvalue weighted by molar-refractivity contribution is 6.45. The summed E-state index contributed by atoms with van der Waals surface area (Å²) in [7, 11) is 1.46. The summed E-state index contributed by atoms with van der Waals surface area (Å²) in [4.78, 5) is 58.0. The van der Waals surface area contributed by atoms with Crippen LogP contribution in [0.4, 0.5) is 5.82 Å². The number of anilines is 1. The minimum atomic E-state index is -0.678. The summed E-state index contributed by atoms with van der Waals surface area (Å²) in [6.45, 7) is 1.20. The number of ketones is 1. The molecule has 3 aromatic heterocycles. The number of nitrogen functional groups attached to an aromatic ring is 1. The number of nitrogens with two attached hydrogens (primary N) is 1. The number of rotatable bonds is 5. The topological polar surface area (TPSA) is 147 Å². The third kappa shape index (κ3) is 4.11. The Morgan fingerprint density at radius 2 is 1.67 bits per heavy atom. The molecule has 1 aromatic carbocycles. The minimum Gasteiger partial charge on any atom is -0.494 e. The van der Waals surface area contributed by atoms with E-state index in [1.807, 2.05) is 18.2 Å². The fourth-order valence-electron chi connectivity index (χ4n) is 4.24. The van der Waals surface area contributed by atoms with E-state index < -0.39 is 11.7 Å². The lowest BCUT2D eigenvalue weighted by molar-refractivity contribution is -0.127. The van der Waals surface area contributed by atoms with E-state index >= 15 is 0 Å². The zero-order valence-electron chi connectivity index (χ0n) is 19.5. The van der Waals surface area contributed by atoms with Gasteiger partial charge in [0.25, 0.3) is 17.6 Å². The highest BCUT2D eigenvalue weighted by Gasteiger charge is 2.31. The molecule has 1 aliphatic heterocycles. The largest absolute Gasteiger partial charge is 0.494 e. The van der Waals surface area contributed by atoms with Crippen LogP contribution in [0.3, 0.4) is 0 Å². The lowest BCUT2D eigenvalue weighted by Crippen LogP contribution is -2.52. The van der Waals surface area contributed by atoms with Gasteiger partial charge >= 0.3 is 0 Å². The number of nitrogens with zero attached hydrogens (tertiary/aromatic N) is 5. The maximum atomic E-state index is 13.3. The molecule has 11 nitrogen and oxygen atoms in total. The molecule has 0 aliphatic carbocycles. The Morgan fingerprint density at radius 1 is 0.944 bits per heavy atom. The van der Waals surface area contributed by atoms with Gasteiger partial charge in [-0.25, -0.2) is 15.0 Å². The summed E-state index contributed by atoms with van der Waals surface area (Å²) in [5, 5.41) is 0.428. The Labute approximate surface area is 205 Å². The Bertz CT molecular complexity index is 1440. The molecule has 1 aliphatic rings. The van der Waals surface area contributed by atoms with Gasteiger partial charge in [-0.05, 0) is 12.1 Å². The molecule has 4 heterocycles. The first-order valence-corrected chi connectivity index (χ1v) is 11.3. The molecule has 0 unspecified atom stereocenters. The number of carbonyl (C=O) groups excluding carboxylic acids is 3. The number of amides is 2. The monoisotopic (exact) mass is 485 g/mol. The molecule has 36 heavy (non-hydrogen) atoms. The van der Waals surface area contributed by atoms with Gasteiger partial charge in [0.15, 0.2) is 0 Å². The van der Waals surface area contributed by atoms with Crippen molar-refractivity contribution in [2.45, 2.75) is 0 Å². The average molecular weight is 486 g/mol. The molecular formula is C25H23N7O4. The lowest BCUT2D eigenvalue weighted by atomic mass is 10.1. The standard InChI is InChI=1S/C25H23N7O4/c1-36-18-13-30-21(17-12-28-19(26)14-27-17)22-20(18)16(11-29-22)23(33)25(35)32-9-7-31(8-10-32)24(34)15-5-3-2-4-6-15/h2-6,11-14,29H,7-10H2,1H3,(H2,26,28). The molecule has 0 spiro atoms. The molecule has 0 saturated carbocycles. The van der Waals surface area contributed by atoms with Crippen LogP contribution in [0, 0.1) is 0 Å². The number of nitrogens with one attached hydrogen (secondary N) is 1. The molecule has 1 saturated heterocycles. The maximum absolute atomic E-state index is 13.3. The van der Waals surface area contributed by atoms with Crippen molar-refractivity contribution in [3.05, 3.63) is 66.2 Å². The summed E-state index contributed by atoms with van der Waals surface area (Å²) in [6.07, 6.45) is 5.83. The molecule has 0 radical (unpaired) electrons. The molecule has 11 heteroatoms. The number of hydrogen-bond acceptors (Lipinski definition) is 8. The summed E-state index contributed by atoms with van der Waals surface area (Å²) in [5.41, 5.74) is 7.77. The van der Waals surface area contributed by atoms with Crippen LogP contribution < -0.4 is 10.5 Å². The molecule has 4 aromatic rings.